The Morgan fingerprint density at radius 1 is 1.00 bits per heavy atom. The van der Waals surface area contributed by atoms with Crippen molar-refractivity contribution in [1.29, 1.82) is 0 Å². The summed E-state index contributed by atoms with van der Waals surface area (Å²) in [5, 5.41) is 7.72. The second kappa shape index (κ2) is 8.91. The molecule has 1 aliphatic rings. The molecule has 4 aromatic rings. The van der Waals surface area contributed by atoms with Gasteiger partial charge in [-0.2, -0.15) is 5.10 Å². The molecule has 1 N–H and O–H groups in total. The highest BCUT2D eigenvalue weighted by molar-refractivity contribution is 5.69. The van der Waals surface area contributed by atoms with Gasteiger partial charge < -0.3 is 14.8 Å². The first kappa shape index (κ1) is 19.8. The molecule has 0 bridgehead atoms. The number of benzene rings is 1. The van der Waals surface area contributed by atoms with Crippen LogP contribution in [0.15, 0.2) is 61.2 Å². The van der Waals surface area contributed by atoms with Crippen LogP contribution < -0.4 is 5.32 Å². The Bertz CT molecular complexity index is 1140. The zero-order valence-electron chi connectivity index (χ0n) is 17.7. The van der Waals surface area contributed by atoms with E-state index in [1.807, 2.05) is 36.4 Å². The van der Waals surface area contributed by atoms with Gasteiger partial charge in [0, 0.05) is 61.6 Å². The zero-order chi connectivity index (χ0) is 21.0. The fraction of sp³-hybridized carbons (Fsp3) is 0.333. The third kappa shape index (κ3) is 4.47. The number of aryl methyl sites for hydroxylation is 1. The second-order valence-corrected chi connectivity index (χ2v) is 7.88. The summed E-state index contributed by atoms with van der Waals surface area (Å²) in [7, 11) is 1.93. The van der Waals surface area contributed by atoms with Crippen LogP contribution in [0.25, 0.3) is 28.0 Å². The normalized spacial score (nSPS) is 14.9. The number of imidazole rings is 1. The lowest BCUT2D eigenvalue weighted by Crippen LogP contribution is -2.25. The summed E-state index contributed by atoms with van der Waals surface area (Å²) < 4.78 is 15.2. The molecule has 7 heteroatoms. The van der Waals surface area contributed by atoms with Gasteiger partial charge in [-0.1, -0.05) is 12.1 Å². The third-order valence-electron chi connectivity index (χ3n) is 5.68. The summed E-state index contributed by atoms with van der Waals surface area (Å²) in [5.41, 5.74) is 6.41. The highest BCUT2D eigenvalue weighted by atomic mass is 16.5. The van der Waals surface area contributed by atoms with Crippen molar-refractivity contribution in [2.24, 2.45) is 7.05 Å². The van der Waals surface area contributed by atoms with Crippen molar-refractivity contribution in [1.82, 2.24) is 19.2 Å². The first-order valence-electron chi connectivity index (χ1n) is 10.8. The lowest BCUT2D eigenvalue weighted by atomic mass is 10.1. The van der Waals surface area contributed by atoms with E-state index in [2.05, 4.69) is 56.3 Å². The molecule has 31 heavy (non-hydrogen) atoms. The largest absolute Gasteiger partial charge is 0.383 e. The SMILES string of the molecule is Cn1cc(-c2ccc3ncc(-c4ccc(NCCOC5CCOCC5)cc4)n3c2)cn1. The van der Waals surface area contributed by atoms with Crippen LogP contribution in [0, 0.1) is 0 Å². The van der Waals surface area contributed by atoms with E-state index in [1.54, 1.807) is 0 Å². The maximum absolute atomic E-state index is 5.92. The lowest BCUT2D eigenvalue weighted by molar-refractivity contribution is -0.0283. The smallest absolute Gasteiger partial charge is 0.137 e. The Hall–Kier alpha value is -3.16. The van der Waals surface area contributed by atoms with Crippen molar-refractivity contribution in [3.05, 3.63) is 61.2 Å². The lowest BCUT2D eigenvalue weighted by Gasteiger charge is -2.22. The van der Waals surface area contributed by atoms with Gasteiger partial charge in [-0.15, -0.1) is 0 Å². The number of nitrogens with one attached hydrogen (secondary N) is 1. The number of nitrogens with zero attached hydrogens (tertiary/aromatic N) is 4. The van der Waals surface area contributed by atoms with E-state index in [0.717, 1.165) is 66.3 Å². The number of hydrogen-bond acceptors (Lipinski definition) is 5. The molecule has 0 saturated carbocycles. The molecule has 7 nitrogen and oxygen atoms in total. The van der Waals surface area contributed by atoms with E-state index in [4.69, 9.17) is 9.47 Å². The van der Waals surface area contributed by atoms with Crippen LogP contribution in [0.1, 0.15) is 12.8 Å². The Labute approximate surface area is 181 Å². The van der Waals surface area contributed by atoms with Gasteiger partial charge in [0.2, 0.25) is 0 Å². The van der Waals surface area contributed by atoms with Crippen LogP contribution in [0.3, 0.4) is 0 Å². The van der Waals surface area contributed by atoms with Crippen LogP contribution in [0.5, 0.6) is 0 Å². The quantitative estimate of drug-likeness (QED) is 0.460. The van der Waals surface area contributed by atoms with Crippen molar-refractivity contribution in [3.8, 4) is 22.4 Å². The van der Waals surface area contributed by atoms with Crippen molar-refractivity contribution in [3.63, 3.8) is 0 Å². The number of ether oxygens (including phenoxy) is 2. The molecule has 1 aliphatic heterocycles. The van der Waals surface area contributed by atoms with Gasteiger partial charge in [0.15, 0.2) is 0 Å². The van der Waals surface area contributed by atoms with E-state index in [1.165, 1.54) is 0 Å². The maximum Gasteiger partial charge on any atom is 0.137 e. The fourth-order valence-corrected chi connectivity index (χ4v) is 3.96. The highest BCUT2D eigenvalue weighted by Crippen LogP contribution is 2.26. The Balaban J connectivity index is 1.26. The van der Waals surface area contributed by atoms with Crippen molar-refractivity contribution < 1.29 is 9.47 Å². The molecule has 0 aliphatic carbocycles. The number of fused-ring (bicyclic) bond motifs is 1. The first-order valence-corrected chi connectivity index (χ1v) is 10.8. The van der Waals surface area contributed by atoms with Gasteiger partial charge in [-0.3, -0.25) is 9.08 Å². The summed E-state index contributed by atoms with van der Waals surface area (Å²) in [6.45, 7) is 3.12. The molecule has 1 saturated heterocycles. The minimum absolute atomic E-state index is 0.338. The molecular weight excluding hydrogens is 390 g/mol. The topological polar surface area (TPSA) is 65.6 Å². The molecule has 160 valence electrons. The van der Waals surface area contributed by atoms with Crippen LogP contribution in [-0.2, 0) is 16.5 Å². The van der Waals surface area contributed by atoms with E-state index in [-0.39, 0.29) is 0 Å². The number of aromatic nitrogens is 4. The average molecular weight is 418 g/mol. The van der Waals surface area contributed by atoms with Gasteiger partial charge in [-0.05, 0) is 37.1 Å². The van der Waals surface area contributed by atoms with E-state index >= 15 is 0 Å². The number of anilines is 1. The van der Waals surface area contributed by atoms with Crippen molar-refractivity contribution in [2.45, 2.75) is 18.9 Å². The Morgan fingerprint density at radius 2 is 1.81 bits per heavy atom. The monoisotopic (exact) mass is 417 g/mol. The summed E-state index contributed by atoms with van der Waals surface area (Å²) in [4.78, 5) is 4.56. The van der Waals surface area contributed by atoms with Gasteiger partial charge in [-0.25, -0.2) is 4.98 Å². The summed E-state index contributed by atoms with van der Waals surface area (Å²) in [5.74, 6) is 0. The summed E-state index contributed by atoms with van der Waals surface area (Å²) in [6, 6.07) is 12.6. The molecule has 0 amide bonds. The van der Waals surface area contributed by atoms with Gasteiger partial charge in [0.05, 0.1) is 30.8 Å². The standard InChI is InChI=1S/C24H27N5O2/c1-28-16-20(14-27-28)19-4-7-24-26-15-23(29(24)17-19)18-2-5-21(6-3-18)25-10-13-31-22-8-11-30-12-9-22/h2-7,14-17,22,25H,8-13H2,1H3. The fourth-order valence-electron chi connectivity index (χ4n) is 3.96. The van der Waals surface area contributed by atoms with Gasteiger partial charge in [0.25, 0.3) is 0 Å². The molecule has 3 aromatic heterocycles. The molecule has 0 radical (unpaired) electrons. The Kier molecular flexibility index (Phi) is 5.69. The zero-order valence-corrected chi connectivity index (χ0v) is 17.7. The molecule has 0 unspecified atom stereocenters. The predicted molar refractivity (Wildman–Crippen MR) is 121 cm³/mol. The molecule has 1 aromatic carbocycles. The van der Waals surface area contributed by atoms with Crippen LogP contribution in [-0.4, -0.2) is 51.6 Å². The second-order valence-electron chi connectivity index (χ2n) is 7.88. The molecule has 1 fully saturated rings. The number of pyridine rings is 1. The van der Waals surface area contributed by atoms with E-state index in [9.17, 15) is 0 Å². The molecule has 0 atom stereocenters. The maximum atomic E-state index is 5.92. The highest BCUT2D eigenvalue weighted by Gasteiger charge is 2.13. The van der Waals surface area contributed by atoms with Crippen molar-refractivity contribution in [2.75, 3.05) is 31.7 Å². The number of rotatable bonds is 7. The average Bonchev–Trinajstić information content (AvgIpc) is 3.44. The van der Waals surface area contributed by atoms with E-state index < -0.39 is 0 Å². The minimum atomic E-state index is 0.338. The third-order valence-corrected chi connectivity index (χ3v) is 5.68. The molecule has 4 heterocycles. The summed E-state index contributed by atoms with van der Waals surface area (Å²) in [6.07, 6.45) is 10.3. The number of hydrogen-bond donors (Lipinski definition) is 1. The minimum Gasteiger partial charge on any atom is -0.383 e. The molecular formula is C24H27N5O2. The van der Waals surface area contributed by atoms with Gasteiger partial charge in [0.1, 0.15) is 5.65 Å². The molecule has 0 spiro atoms. The Morgan fingerprint density at radius 3 is 2.58 bits per heavy atom. The van der Waals surface area contributed by atoms with Crippen LogP contribution in [0.2, 0.25) is 0 Å². The molecule has 5 rings (SSSR count). The van der Waals surface area contributed by atoms with Crippen LogP contribution in [0.4, 0.5) is 5.69 Å². The van der Waals surface area contributed by atoms with Gasteiger partial charge >= 0.3 is 0 Å². The summed E-state index contributed by atoms with van der Waals surface area (Å²) >= 11 is 0. The predicted octanol–water partition coefficient (Wildman–Crippen LogP) is 4.01. The first-order chi connectivity index (χ1) is 15.3. The van der Waals surface area contributed by atoms with Crippen molar-refractivity contribution >= 4 is 11.3 Å². The van der Waals surface area contributed by atoms with Crippen LogP contribution >= 0.6 is 0 Å². The van der Waals surface area contributed by atoms with E-state index in [0.29, 0.717) is 12.7 Å².